The fraction of sp³-hybridized carbons (Fsp3) is 0.471. The molecule has 130 valence electrons. The largest absolute Gasteiger partial charge is 0.480 e. The number of aliphatic carboxylic acids is 1. The van der Waals surface area contributed by atoms with Crippen LogP contribution >= 0.6 is 0 Å². The maximum absolute atomic E-state index is 12.4. The molecule has 1 aromatic carbocycles. The molecule has 2 amide bonds. The third-order valence-corrected chi connectivity index (χ3v) is 4.34. The maximum Gasteiger partial charge on any atom is 0.325 e. The number of rotatable bonds is 7. The van der Waals surface area contributed by atoms with Crippen LogP contribution in [-0.2, 0) is 14.3 Å². The lowest BCUT2D eigenvalue weighted by molar-refractivity contribution is -0.138. The van der Waals surface area contributed by atoms with E-state index in [0.717, 1.165) is 19.3 Å². The maximum atomic E-state index is 12.4. The first-order chi connectivity index (χ1) is 11.4. The Kier molecular flexibility index (Phi) is 5.56. The van der Waals surface area contributed by atoms with Crippen LogP contribution < -0.4 is 10.6 Å². The smallest absolute Gasteiger partial charge is 0.325 e. The third kappa shape index (κ3) is 3.91. The van der Waals surface area contributed by atoms with Crippen molar-refractivity contribution in [3.05, 3.63) is 29.8 Å². The molecule has 0 spiro atoms. The molecule has 1 fully saturated rings. The highest BCUT2D eigenvalue weighted by atomic mass is 16.5. The van der Waals surface area contributed by atoms with E-state index in [1.165, 1.54) is 6.92 Å². The Morgan fingerprint density at radius 3 is 2.33 bits per heavy atom. The van der Waals surface area contributed by atoms with Crippen LogP contribution in [0.2, 0.25) is 0 Å². The van der Waals surface area contributed by atoms with Crippen LogP contribution in [0, 0.1) is 5.41 Å². The van der Waals surface area contributed by atoms with Gasteiger partial charge in [-0.25, -0.2) is 0 Å². The molecular weight excluding hydrogens is 312 g/mol. The zero-order valence-corrected chi connectivity index (χ0v) is 13.8. The van der Waals surface area contributed by atoms with Gasteiger partial charge < -0.3 is 20.5 Å². The molecule has 0 aliphatic heterocycles. The number of anilines is 1. The van der Waals surface area contributed by atoms with E-state index in [1.54, 1.807) is 31.4 Å². The average molecular weight is 334 g/mol. The zero-order chi connectivity index (χ0) is 17.7. The van der Waals surface area contributed by atoms with Gasteiger partial charge in [0.1, 0.15) is 6.04 Å². The molecule has 24 heavy (non-hydrogen) atoms. The molecule has 3 N–H and O–H groups in total. The summed E-state index contributed by atoms with van der Waals surface area (Å²) in [5.41, 5.74) is 0.461. The summed E-state index contributed by atoms with van der Waals surface area (Å²) >= 11 is 0. The van der Waals surface area contributed by atoms with Crippen LogP contribution in [0.1, 0.15) is 36.5 Å². The first-order valence-electron chi connectivity index (χ1n) is 7.82. The van der Waals surface area contributed by atoms with E-state index in [4.69, 9.17) is 9.84 Å². The minimum absolute atomic E-state index is 0.0766. The number of carbonyl (C=O) groups is 3. The van der Waals surface area contributed by atoms with E-state index >= 15 is 0 Å². The van der Waals surface area contributed by atoms with Gasteiger partial charge in [-0.15, -0.1) is 0 Å². The Hall–Kier alpha value is -2.41. The Labute approximate surface area is 140 Å². The summed E-state index contributed by atoms with van der Waals surface area (Å²) in [5.74, 6) is -1.65. The molecule has 0 radical (unpaired) electrons. The molecular formula is C17H22N2O5. The number of amides is 2. The zero-order valence-electron chi connectivity index (χ0n) is 13.8. The summed E-state index contributed by atoms with van der Waals surface area (Å²) in [6, 6.07) is 5.37. The number of carbonyl (C=O) groups excluding carboxylic acids is 2. The van der Waals surface area contributed by atoms with Crippen molar-refractivity contribution in [3.8, 4) is 0 Å². The first kappa shape index (κ1) is 17.9. The molecule has 0 bridgehead atoms. The predicted octanol–water partition coefficient (Wildman–Crippen LogP) is 1.64. The van der Waals surface area contributed by atoms with Crippen molar-refractivity contribution in [3.63, 3.8) is 0 Å². The predicted molar refractivity (Wildman–Crippen MR) is 87.8 cm³/mol. The third-order valence-electron chi connectivity index (χ3n) is 4.34. The number of carboxylic acids is 1. The van der Waals surface area contributed by atoms with Gasteiger partial charge in [0.25, 0.3) is 5.91 Å². The summed E-state index contributed by atoms with van der Waals surface area (Å²) in [6.45, 7) is 1.79. The van der Waals surface area contributed by atoms with Gasteiger partial charge >= 0.3 is 5.97 Å². The molecule has 1 atom stereocenters. The number of hydrogen-bond donors (Lipinski definition) is 3. The second-order valence-corrected chi connectivity index (χ2v) is 6.13. The molecule has 0 aromatic heterocycles. The molecule has 0 saturated heterocycles. The van der Waals surface area contributed by atoms with Gasteiger partial charge in [0.05, 0.1) is 12.0 Å². The van der Waals surface area contributed by atoms with Gasteiger partial charge in [0.15, 0.2) is 0 Å². The molecule has 1 aliphatic carbocycles. The van der Waals surface area contributed by atoms with E-state index in [9.17, 15) is 14.4 Å². The van der Waals surface area contributed by atoms with Crippen LogP contribution in [0.3, 0.4) is 0 Å². The van der Waals surface area contributed by atoms with E-state index in [0.29, 0.717) is 17.9 Å². The SMILES string of the molecule is COCC1(C(=O)Nc2ccc(C(=O)NC(C)C(=O)O)cc2)CCC1. The molecule has 7 nitrogen and oxygen atoms in total. The number of benzene rings is 1. The van der Waals surface area contributed by atoms with Crippen molar-refractivity contribution >= 4 is 23.5 Å². The van der Waals surface area contributed by atoms with Crippen LogP contribution in [-0.4, -0.2) is 42.6 Å². The number of nitrogens with one attached hydrogen (secondary N) is 2. The number of ether oxygens (including phenoxy) is 1. The highest BCUT2D eigenvalue weighted by molar-refractivity contribution is 5.98. The topological polar surface area (TPSA) is 105 Å². The van der Waals surface area contributed by atoms with Crippen molar-refractivity contribution < 1.29 is 24.2 Å². The first-order valence-corrected chi connectivity index (χ1v) is 7.82. The average Bonchev–Trinajstić information content (AvgIpc) is 2.51. The van der Waals surface area contributed by atoms with Crippen LogP contribution in [0.25, 0.3) is 0 Å². The van der Waals surface area contributed by atoms with Gasteiger partial charge in [-0.2, -0.15) is 0 Å². The van der Waals surface area contributed by atoms with Gasteiger partial charge in [-0.05, 0) is 44.0 Å². The van der Waals surface area contributed by atoms with Crippen LogP contribution in [0.15, 0.2) is 24.3 Å². The standard InChI is InChI=1S/C17H22N2O5/c1-11(15(21)22)18-14(20)12-4-6-13(7-5-12)19-16(23)17(10-24-2)8-3-9-17/h4-7,11H,3,8-10H2,1-2H3,(H,18,20)(H,19,23)(H,21,22). The minimum Gasteiger partial charge on any atom is -0.480 e. The Balaban J connectivity index is 1.98. The normalized spacial score (nSPS) is 16.6. The lowest BCUT2D eigenvalue weighted by Crippen LogP contribution is -2.45. The van der Waals surface area contributed by atoms with E-state index in [1.807, 2.05) is 0 Å². The summed E-state index contributed by atoms with van der Waals surface area (Å²) in [4.78, 5) is 35.1. The quantitative estimate of drug-likeness (QED) is 0.703. The monoisotopic (exact) mass is 334 g/mol. The van der Waals surface area contributed by atoms with Crippen LogP contribution in [0.5, 0.6) is 0 Å². The second kappa shape index (κ2) is 7.44. The molecule has 1 unspecified atom stereocenters. The van der Waals surface area contributed by atoms with Crippen molar-refractivity contribution in [2.45, 2.75) is 32.2 Å². The highest BCUT2D eigenvalue weighted by Gasteiger charge is 2.44. The molecule has 2 rings (SSSR count). The van der Waals surface area contributed by atoms with Crippen molar-refractivity contribution in [2.24, 2.45) is 5.41 Å². The Bertz CT molecular complexity index is 622. The minimum atomic E-state index is -1.10. The molecule has 0 heterocycles. The fourth-order valence-corrected chi connectivity index (χ4v) is 2.63. The second-order valence-electron chi connectivity index (χ2n) is 6.13. The van der Waals surface area contributed by atoms with Gasteiger partial charge in [0, 0.05) is 18.4 Å². The molecule has 1 aromatic rings. The Morgan fingerprint density at radius 2 is 1.88 bits per heavy atom. The molecule has 1 saturated carbocycles. The van der Waals surface area contributed by atoms with E-state index in [2.05, 4.69) is 10.6 Å². The fourth-order valence-electron chi connectivity index (χ4n) is 2.63. The van der Waals surface area contributed by atoms with Crippen molar-refractivity contribution in [1.82, 2.24) is 5.32 Å². The lowest BCUT2D eigenvalue weighted by Gasteiger charge is -2.39. The summed E-state index contributed by atoms with van der Waals surface area (Å²) in [6.07, 6.45) is 2.62. The highest BCUT2D eigenvalue weighted by Crippen LogP contribution is 2.42. The van der Waals surface area contributed by atoms with Gasteiger partial charge in [-0.3, -0.25) is 14.4 Å². The molecule has 1 aliphatic rings. The lowest BCUT2D eigenvalue weighted by atomic mass is 9.68. The number of carboxylic acid groups (broad SMARTS) is 1. The number of methoxy groups -OCH3 is 1. The van der Waals surface area contributed by atoms with Crippen molar-refractivity contribution in [1.29, 1.82) is 0 Å². The molecule has 7 heteroatoms. The summed E-state index contributed by atoms with van der Waals surface area (Å²) < 4.78 is 5.15. The van der Waals surface area contributed by atoms with Crippen LogP contribution in [0.4, 0.5) is 5.69 Å². The Morgan fingerprint density at radius 1 is 1.25 bits per heavy atom. The summed E-state index contributed by atoms with van der Waals surface area (Å²) in [5, 5.41) is 14.0. The van der Waals surface area contributed by atoms with Crippen molar-refractivity contribution in [2.75, 3.05) is 19.0 Å². The van der Waals surface area contributed by atoms with Gasteiger partial charge in [-0.1, -0.05) is 6.42 Å². The van der Waals surface area contributed by atoms with Gasteiger partial charge in [0.2, 0.25) is 5.91 Å². The van der Waals surface area contributed by atoms with E-state index < -0.39 is 23.3 Å². The van der Waals surface area contributed by atoms with E-state index in [-0.39, 0.29) is 5.91 Å². The number of hydrogen-bond acceptors (Lipinski definition) is 4. The summed E-state index contributed by atoms with van der Waals surface area (Å²) in [7, 11) is 1.58.